The molecule has 0 aliphatic carbocycles. The summed E-state index contributed by atoms with van der Waals surface area (Å²) in [6, 6.07) is 9.55. The van der Waals surface area contributed by atoms with Gasteiger partial charge in [-0.05, 0) is 26.1 Å². The fourth-order valence-corrected chi connectivity index (χ4v) is 2.02. The molecule has 0 atom stereocenters. The second-order valence-electron chi connectivity index (χ2n) is 4.46. The SMILES string of the molecule is C=CC.CN.CNc1nccn2c(-c3ccc(C#N)cc3)cnc12. The molecule has 3 aromatic rings. The maximum absolute atomic E-state index is 8.82. The van der Waals surface area contributed by atoms with Crippen LogP contribution in [-0.2, 0) is 0 Å². The third kappa shape index (κ3) is 4.18. The van der Waals surface area contributed by atoms with Crippen molar-refractivity contribution in [3.63, 3.8) is 0 Å². The number of benzene rings is 1. The monoisotopic (exact) mass is 322 g/mol. The summed E-state index contributed by atoms with van der Waals surface area (Å²) in [7, 11) is 3.32. The highest BCUT2D eigenvalue weighted by Crippen LogP contribution is 2.23. The van der Waals surface area contributed by atoms with E-state index in [1.807, 2.05) is 36.7 Å². The Hall–Kier alpha value is -3.17. The zero-order valence-corrected chi connectivity index (χ0v) is 14.2. The number of allylic oxidation sites excluding steroid dienone is 1. The second kappa shape index (κ2) is 9.77. The van der Waals surface area contributed by atoms with Crippen LogP contribution in [0.2, 0.25) is 0 Å². The van der Waals surface area contributed by atoms with Crippen molar-refractivity contribution < 1.29 is 0 Å². The average Bonchev–Trinajstić information content (AvgIpc) is 3.08. The molecule has 0 saturated heterocycles. The van der Waals surface area contributed by atoms with Gasteiger partial charge in [-0.2, -0.15) is 5.26 Å². The van der Waals surface area contributed by atoms with E-state index in [4.69, 9.17) is 5.26 Å². The van der Waals surface area contributed by atoms with Crippen LogP contribution in [-0.4, -0.2) is 28.5 Å². The van der Waals surface area contributed by atoms with E-state index < -0.39 is 0 Å². The highest BCUT2D eigenvalue weighted by atomic mass is 15.1. The summed E-state index contributed by atoms with van der Waals surface area (Å²) < 4.78 is 1.97. The molecule has 1 aromatic carbocycles. The third-order valence-electron chi connectivity index (χ3n) is 2.97. The lowest BCUT2D eigenvalue weighted by atomic mass is 10.1. The van der Waals surface area contributed by atoms with Gasteiger partial charge in [0.1, 0.15) is 0 Å². The maximum atomic E-state index is 8.82. The van der Waals surface area contributed by atoms with Gasteiger partial charge in [-0.1, -0.05) is 18.2 Å². The van der Waals surface area contributed by atoms with Gasteiger partial charge in [0.25, 0.3) is 0 Å². The highest BCUT2D eigenvalue weighted by molar-refractivity contribution is 5.70. The molecule has 0 saturated carbocycles. The van der Waals surface area contributed by atoms with E-state index in [-0.39, 0.29) is 0 Å². The molecule has 3 N–H and O–H groups in total. The zero-order valence-electron chi connectivity index (χ0n) is 14.2. The lowest BCUT2D eigenvalue weighted by Crippen LogP contribution is -1.97. The smallest absolute Gasteiger partial charge is 0.180 e. The van der Waals surface area contributed by atoms with E-state index in [9.17, 15) is 0 Å². The van der Waals surface area contributed by atoms with Gasteiger partial charge in [0.15, 0.2) is 11.5 Å². The Bertz CT molecular complexity index is 812. The topological polar surface area (TPSA) is 92.0 Å². The van der Waals surface area contributed by atoms with Crippen molar-refractivity contribution in [2.45, 2.75) is 6.92 Å². The van der Waals surface area contributed by atoms with E-state index in [1.165, 1.54) is 7.05 Å². The van der Waals surface area contributed by atoms with Crippen molar-refractivity contribution in [1.82, 2.24) is 14.4 Å². The first-order valence-electron chi connectivity index (χ1n) is 7.40. The average molecular weight is 322 g/mol. The highest BCUT2D eigenvalue weighted by Gasteiger charge is 2.09. The number of aromatic nitrogens is 3. The minimum Gasteiger partial charge on any atom is -0.370 e. The maximum Gasteiger partial charge on any atom is 0.180 e. The lowest BCUT2D eigenvalue weighted by Gasteiger charge is -2.04. The van der Waals surface area contributed by atoms with Gasteiger partial charge in [-0.15, -0.1) is 6.58 Å². The minimum atomic E-state index is 0.648. The summed E-state index contributed by atoms with van der Waals surface area (Å²) in [6.07, 6.45) is 7.16. The molecule has 2 heterocycles. The van der Waals surface area contributed by atoms with Gasteiger partial charge in [0, 0.05) is 25.0 Å². The van der Waals surface area contributed by atoms with Crippen LogP contribution >= 0.6 is 0 Å². The summed E-state index contributed by atoms with van der Waals surface area (Å²) in [5, 5.41) is 11.8. The molecule has 0 amide bonds. The fourth-order valence-electron chi connectivity index (χ4n) is 2.02. The van der Waals surface area contributed by atoms with Crippen molar-refractivity contribution in [2.75, 3.05) is 19.4 Å². The van der Waals surface area contributed by atoms with Crippen LogP contribution in [0.1, 0.15) is 12.5 Å². The summed E-state index contributed by atoms with van der Waals surface area (Å²) in [6.45, 7) is 5.25. The van der Waals surface area contributed by atoms with E-state index in [1.54, 1.807) is 30.6 Å². The van der Waals surface area contributed by atoms with Gasteiger partial charge in [-0.25, -0.2) is 9.97 Å². The Labute approximate surface area is 142 Å². The number of rotatable bonds is 2. The number of anilines is 1. The fraction of sp³-hybridized carbons (Fsp3) is 0.167. The molecule has 24 heavy (non-hydrogen) atoms. The molecule has 0 spiro atoms. The molecule has 0 aliphatic heterocycles. The molecule has 0 radical (unpaired) electrons. The quantitative estimate of drug-likeness (QED) is 0.707. The molecule has 3 rings (SSSR count). The number of hydrogen-bond donors (Lipinski definition) is 2. The van der Waals surface area contributed by atoms with Gasteiger partial charge >= 0.3 is 0 Å². The lowest BCUT2D eigenvalue weighted by molar-refractivity contribution is 1.13. The summed E-state index contributed by atoms with van der Waals surface area (Å²) in [5.74, 6) is 0.738. The van der Waals surface area contributed by atoms with Crippen molar-refractivity contribution in [1.29, 1.82) is 5.26 Å². The Morgan fingerprint density at radius 2 is 1.88 bits per heavy atom. The van der Waals surface area contributed by atoms with Crippen LogP contribution in [0.25, 0.3) is 16.9 Å². The number of nitrogens with zero attached hydrogens (tertiary/aromatic N) is 4. The summed E-state index contributed by atoms with van der Waals surface area (Å²) in [4.78, 5) is 8.60. The Morgan fingerprint density at radius 1 is 1.25 bits per heavy atom. The van der Waals surface area contributed by atoms with Crippen LogP contribution in [0.3, 0.4) is 0 Å². The Morgan fingerprint density at radius 3 is 2.42 bits per heavy atom. The molecule has 6 heteroatoms. The van der Waals surface area contributed by atoms with Gasteiger partial charge < -0.3 is 11.1 Å². The minimum absolute atomic E-state index is 0.648. The van der Waals surface area contributed by atoms with Gasteiger partial charge in [0.05, 0.1) is 23.5 Å². The molecule has 0 unspecified atom stereocenters. The normalized spacial score (nSPS) is 8.96. The van der Waals surface area contributed by atoms with Crippen LogP contribution in [0.4, 0.5) is 5.82 Å². The number of nitrogens with one attached hydrogen (secondary N) is 1. The van der Waals surface area contributed by atoms with Crippen LogP contribution in [0.15, 0.2) is 55.5 Å². The number of nitriles is 1. The van der Waals surface area contributed by atoms with Gasteiger partial charge in [-0.3, -0.25) is 4.40 Å². The molecule has 0 bridgehead atoms. The molecule has 6 nitrogen and oxygen atoms in total. The van der Waals surface area contributed by atoms with Gasteiger partial charge in [0.2, 0.25) is 0 Å². The largest absolute Gasteiger partial charge is 0.370 e. The molecule has 2 aromatic heterocycles. The first-order chi connectivity index (χ1) is 11.7. The van der Waals surface area contributed by atoms with E-state index >= 15 is 0 Å². The van der Waals surface area contributed by atoms with E-state index in [2.05, 4.69) is 33.7 Å². The first kappa shape index (κ1) is 18.9. The second-order valence-corrected chi connectivity index (χ2v) is 4.46. The Kier molecular flexibility index (Phi) is 7.68. The van der Waals surface area contributed by atoms with E-state index in [0.29, 0.717) is 5.56 Å². The Balaban J connectivity index is 0.000000521. The molecular formula is C18H22N6. The van der Waals surface area contributed by atoms with Crippen LogP contribution in [0.5, 0.6) is 0 Å². The van der Waals surface area contributed by atoms with Crippen molar-refractivity contribution >= 4 is 11.5 Å². The summed E-state index contributed by atoms with van der Waals surface area (Å²) in [5.41, 5.74) is 7.91. The predicted octanol–water partition coefficient (Wildman–Crippen LogP) is 3.08. The number of nitrogens with two attached hydrogens (primary N) is 1. The third-order valence-corrected chi connectivity index (χ3v) is 2.97. The molecular weight excluding hydrogens is 300 g/mol. The first-order valence-corrected chi connectivity index (χ1v) is 7.40. The van der Waals surface area contributed by atoms with Crippen LogP contribution in [0, 0.1) is 11.3 Å². The molecule has 124 valence electrons. The van der Waals surface area contributed by atoms with Crippen molar-refractivity contribution in [2.24, 2.45) is 5.73 Å². The van der Waals surface area contributed by atoms with Crippen LogP contribution < -0.4 is 11.1 Å². The van der Waals surface area contributed by atoms with Crippen molar-refractivity contribution in [3.05, 3.63) is 61.1 Å². The zero-order chi connectivity index (χ0) is 17.9. The van der Waals surface area contributed by atoms with Crippen molar-refractivity contribution in [3.8, 4) is 17.3 Å². The standard InChI is InChI=1S/C14H11N5.C3H6.CH5N/c1-16-13-14-18-9-12(19(14)7-6-17-13)11-4-2-10(8-15)3-5-11;1-3-2;1-2/h2-7,9H,1H3,(H,16,17);3H,1H2,2H3;2H2,1H3. The number of imidazole rings is 1. The van der Waals surface area contributed by atoms with E-state index in [0.717, 1.165) is 22.7 Å². The number of fused-ring (bicyclic) bond motifs is 1. The molecule has 0 aliphatic rings. The predicted molar refractivity (Wildman–Crippen MR) is 98.7 cm³/mol. The number of hydrogen-bond acceptors (Lipinski definition) is 5. The summed E-state index contributed by atoms with van der Waals surface area (Å²) >= 11 is 0. The molecule has 0 fully saturated rings.